The Morgan fingerprint density at radius 2 is 1.89 bits per heavy atom. The lowest BCUT2D eigenvalue weighted by Gasteiger charge is -2.42. The monoisotopic (exact) mass is 500 g/mol. The van der Waals surface area contributed by atoms with E-state index in [9.17, 15) is 0 Å². The molecule has 0 bridgehead atoms. The fourth-order valence-electron chi connectivity index (χ4n) is 5.97. The first kappa shape index (κ1) is 21.4. The number of hydrogen-bond acceptors (Lipinski definition) is 6. The smallest absolute Gasteiger partial charge is 0.157 e. The van der Waals surface area contributed by atoms with Crippen molar-refractivity contribution in [3.8, 4) is 0 Å². The molecule has 1 aromatic carbocycles. The Labute approximate surface area is 212 Å². The van der Waals surface area contributed by atoms with E-state index < -0.39 is 0 Å². The molecular formula is C27H25ClN6S. The fraction of sp³-hybridized carbons (Fsp3) is 0.296. The van der Waals surface area contributed by atoms with E-state index in [2.05, 4.69) is 50.7 Å². The average Bonchev–Trinajstić information content (AvgIpc) is 3.55. The second-order valence-corrected chi connectivity index (χ2v) is 11.3. The molecule has 0 saturated carbocycles. The zero-order valence-electron chi connectivity index (χ0n) is 19.4. The lowest BCUT2D eigenvalue weighted by Crippen LogP contribution is -2.44. The summed E-state index contributed by atoms with van der Waals surface area (Å²) in [5, 5.41) is 0.688. The maximum absolute atomic E-state index is 6.79. The molecule has 4 aromatic heterocycles. The van der Waals surface area contributed by atoms with E-state index >= 15 is 0 Å². The molecule has 0 amide bonds. The van der Waals surface area contributed by atoms with Gasteiger partial charge in [-0.15, -0.1) is 0 Å². The van der Waals surface area contributed by atoms with Crippen LogP contribution in [0.1, 0.15) is 35.7 Å². The highest BCUT2D eigenvalue weighted by atomic mass is 35.5. The molecule has 1 fully saturated rings. The van der Waals surface area contributed by atoms with E-state index in [0.29, 0.717) is 5.02 Å². The van der Waals surface area contributed by atoms with Gasteiger partial charge in [-0.3, -0.25) is 9.38 Å². The van der Waals surface area contributed by atoms with Gasteiger partial charge in [0.15, 0.2) is 11.5 Å². The normalized spacial score (nSPS) is 19.3. The molecule has 1 aliphatic carbocycles. The summed E-state index contributed by atoms with van der Waals surface area (Å²) in [4.78, 5) is 18.5. The van der Waals surface area contributed by atoms with E-state index in [-0.39, 0.29) is 11.5 Å². The van der Waals surface area contributed by atoms with Crippen LogP contribution in [0.2, 0.25) is 5.02 Å². The largest absolute Gasteiger partial charge is 0.355 e. The Bertz CT molecular complexity index is 1570. The van der Waals surface area contributed by atoms with Crippen molar-refractivity contribution in [2.24, 2.45) is 11.1 Å². The van der Waals surface area contributed by atoms with Crippen LogP contribution < -0.4 is 10.6 Å². The van der Waals surface area contributed by atoms with Gasteiger partial charge in [0.2, 0.25) is 0 Å². The molecule has 1 unspecified atom stereocenters. The van der Waals surface area contributed by atoms with Crippen LogP contribution in [0.25, 0.3) is 16.8 Å². The van der Waals surface area contributed by atoms with Crippen LogP contribution in [-0.4, -0.2) is 32.4 Å². The van der Waals surface area contributed by atoms with Crippen LogP contribution in [0.3, 0.4) is 0 Å². The minimum absolute atomic E-state index is 0.119. The van der Waals surface area contributed by atoms with Gasteiger partial charge in [0.05, 0.1) is 21.8 Å². The van der Waals surface area contributed by atoms with E-state index in [0.717, 1.165) is 70.5 Å². The van der Waals surface area contributed by atoms with Crippen LogP contribution in [0, 0.1) is 12.3 Å². The number of aromatic nitrogens is 4. The number of anilines is 1. The third-order valence-electron chi connectivity index (χ3n) is 7.94. The van der Waals surface area contributed by atoms with Crippen molar-refractivity contribution < 1.29 is 0 Å². The van der Waals surface area contributed by atoms with E-state index in [1.807, 2.05) is 19.2 Å². The predicted octanol–water partition coefficient (Wildman–Crippen LogP) is 5.67. The highest BCUT2D eigenvalue weighted by Crippen LogP contribution is 2.51. The molecule has 2 aliphatic rings. The fourth-order valence-corrected chi connectivity index (χ4v) is 7.17. The van der Waals surface area contributed by atoms with Gasteiger partial charge in [-0.05, 0) is 60.9 Å². The van der Waals surface area contributed by atoms with Crippen LogP contribution >= 0.6 is 23.4 Å². The van der Waals surface area contributed by atoms with Gasteiger partial charge in [-0.25, -0.2) is 9.97 Å². The molecule has 176 valence electrons. The number of rotatable bonds is 3. The van der Waals surface area contributed by atoms with Crippen LogP contribution in [0.5, 0.6) is 0 Å². The number of aryl methyl sites for hydroxylation is 1. The van der Waals surface area contributed by atoms with Crippen LogP contribution in [0.4, 0.5) is 5.82 Å². The summed E-state index contributed by atoms with van der Waals surface area (Å²) in [7, 11) is 0. The van der Waals surface area contributed by atoms with Crippen molar-refractivity contribution in [1.82, 2.24) is 19.4 Å². The lowest BCUT2D eigenvalue weighted by atomic mass is 9.73. The van der Waals surface area contributed by atoms with Crippen molar-refractivity contribution >= 4 is 46.0 Å². The van der Waals surface area contributed by atoms with Gasteiger partial charge in [-0.1, -0.05) is 47.6 Å². The van der Waals surface area contributed by atoms with Crippen molar-refractivity contribution in [2.45, 2.75) is 42.0 Å². The number of imidazole rings is 2. The second-order valence-electron chi connectivity index (χ2n) is 9.81. The van der Waals surface area contributed by atoms with Crippen molar-refractivity contribution in [1.29, 1.82) is 0 Å². The van der Waals surface area contributed by atoms with Gasteiger partial charge in [0, 0.05) is 30.2 Å². The highest BCUT2D eigenvalue weighted by molar-refractivity contribution is 7.99. The van der Waals surface area contributed by atoms with Crippen molar-refractivity contribution in [2.75, 3.05) is 18.0 Å². The summed E-state index contributed by atoms with van der Waals surface area (Å²) in [6, 6.07) is 14.9. The molecule has 8 heteroatoms. The number of pyridine rings is 2. The van der Waals surface area contributed by atoms with Gasteiger partial charge in [-0.2, -0.15) is 0 Å². The van der Waals surface area contributed by atoms with Crippen LogP contribution in [0.15, 0.2) is 64.6 Å². The molecule has 5 heterocycles. The summed E-state index contributed by atoms with van der Waals surface area (Å²) in [6.45, 7) is 3.83. The first-order valence-corrected chi connectivity index (χ1v) is 13.2. The Morgan fingerprint density at radius 3 is 2.71 bits per heavy atom. The molecular weight excluding hydrogens is 476 g/mol. The molecule has 1 spiro atoms. The quantitative estimate of drug-likeness (QED) is 0.344. The molecule has 0 radical (unpaired) electrons. The number of benzene rings is 1. The Hall–Kier alpha value is -2.87. The molecule has 35 heavy (non-hydrogen) atoms. The van der Waals surface area contributed by atoms with Crippen molar-refractivity contribution in [3.63, 3.8) is 0 Å². The summed E-state index contributed by atoms with van der Waals surface area (Å²) < 4.78 is 2.17. The third-order valence-corrected chi connectivity index (χ3v) is 9.63. The minimum Gasteiger partial charge on any atom is -0.355 e. The number of piperidine rings is 1. The van der Waals surface area contributed by atoms with Crippen LogP contribution in [-0.2, 0) is 6.42 Å². The zero-order chi connectivity index (χ0) is 23.7. The van der Waals surface area contributed by atoms with E-state index in [1.54, 1.807) is 18.0 Å². The first-order chi connectivity index (χ1) is 17.0. The third kappa shape index (κ3) is 3.18. The molecule has 6 nitrogen and oxygen atoms in total. The second kappa shape index (κ2) is 7.82. The molecule has 1 atom stereocenters. The SMILES string of the molecule is Cc1nccc(Sc2ccc3nc(N4CCC5(CC4)Cc4ccccc4C5N)c4cnc2n34)c1Cl. The van der Waals surface area contributed by atoms with Gasteiger partial charge in [0.25, 0.3) is 0 Å². The standard InChI is InChI=1S/C27H25ClN6S/c1-16-23(28)20(8-11-30-16)35-21-6-7-22-32-25(19-15-31-26(21)34(19)22)33-12-9-27(10-13-33)14-17-4-2-3-5-18(17)24(27)29/h2-8,11,15,24H,9-10,12-14,29H2,1H3. The van der Waals surface area contributed by atoms with Gasteiger partial charge < -0.3 is 10.6 Å². The van der Waals surface area contributed by atoms with Gasteiger partial charge >= 0.3 is 0 Å². The average molecular weight is 501 g/mol. The number of hydrogen-bond donors (Lipinski definition) is 1. The maximum Gasteiger partial charge on any atom is 0.157 e. The summed E-state index contributed by atoms with van der Waals surface area (Å²) >= 11 is 8.13. The van der Waals surface area contributed by atoms with Gasteiger partial charge in [0.1, 0.15) is 11.2 Å². The number of nitrogens with zero attached hydrogens (tertiary/aromatic N) is 5. The number of halogens is 1. The first-order valence-electron chi connectivity index (χ1n) is 12.0. The zero-order valence-corrected chi connectivity index (χ0v) is 21.0. The topological polar surface area (TPSA) is 72.3 Å². The number of nitrogens with two attached hydrogens (primary N) is 1. The predicted molar refractivity (Wildman–Crippen MR) is 141 cm³/mol. The van der Waals surface area contributed by atoms with E-state index in [1.165, 1.54) is 11.1 Å². The summed E-state index contributed by atoms with van der Waals surface area (Å²) in [5.74, 6) is 1.02. The highest BCUT2D eigenvalue weighted by Gasteiger charge is 2.46. The summed E-state index contributed by atoms with van der Waals surface area (Å²) in [5.41, 5.74) is 13.4. The van der Waals surface area contributed by atoms with E-state index in [4.69, 9.17) is 27.3 Å². The van der Waals surface area contributed by atoms with Crippen molar-refractivity contribution in [3.05, 3.63) is 76.7 Å². The molecule has 2 N–H and O–H groups in total. The molecule has 5 aromatic rings. The molecule has 1 aliphatic heterocycles. The minimum atomic E-state index is 0.119. The molecule has 7 rings (SSSR count). The Kier molecular flexibility index (Phi) is 4.78. The summed E-state index contributed by atoms with van der Waals surface area (Å²) in [6.07, 6.45) is 6.97. The maximum atomic E-state index is 6.79. The lowest BCUT2D eigenvalue weighted by molar-refractivity contribution is 0.187. The number of fused-ring (bicyclic) bond motifs is 1. The Morgan fingerprint density at radius 1 is 1.06 bits per heavy atom. The molecule has 1 saturated heterocycles. The Balaban J connectivity index is 1.18.